The van der Waals surface area contributed by atoms with Gasteiger partial charge in [-0.05, 0) is 30.3 Å². The van der Waals surface area contributed by atoms with Crippen LogP contribution < -0.4 is 0 Å². The third-order valence-corrected chi connectivity index (χ3v) is 4.81. The third-order valence-electron chi connectivity index (χ3n) is 4.57. The monoisotopic (exact) mass is 393 g/mol. The van der Waals surface area contributed by atoms with Gasteiger partial charge in [-0.15, -0.1) is 0 Å². The smallest absolute Gasteiger partial charge is 0.310 e. The van der Waals surface area contributed by atoms with Crippen LogP contribution in [0, 0.1) is 0 Å². The maximum atomic E-state index is 13.3. The molecule has 4 rings (SSSR count). The predicted octanol–water partition coefficient (Wildman–Crippen LogP) is 5.03. The summed E-state index contributed by atoms with van der Waals surface area (Å²) in [6.45, 7) is 0. The second-order valence-corrected chi connectivity index (χ2v) is 6.75. The highest BCUT2D eigenvalue weighted by Gasteiger charge is 2.22. The Hall–Kier alpha value is -3.31. The summed E-state index contributed by atoms with van der Waals surface area (Å²) in [6.07, 6.45) is 1.57. The Balaban J connectivity index is 1.82. The van der Waals surface area contributed by atoms with E-state index in [9.17, 15) is 9.59 Å². The zero-order valence-electron chi connectivity index (χ0n) is 15.0. The number of aromatic nitrogens is 1. The second-order valence-electron chi connectivity index (χ2n) is 6.31. The summed E-state index contributed by atoms with van der Waals surface area (Å²) >= 11 is 6.08. The van der Waals surface area contributed by atoms with Crippen LogP contribution in [0.25, 0.3) is 22.2 Å². The summed E-state index contributed by atoms with van der Waals surface area (Å²) in [6, 6.07) is 16.0. The topological polar surface area (TPSA) is 72.3 Å². The van der Waals surface area contributed by atoms with Crippen LogP contribution >= 0.6 is 11.6 Å². The van der Waals surface area contributed by atoms with E-state index in [1.165, 1.54) is 7.11 Å². The number of esters is 1. The largest absolute Gasteiger partial charge is 0.469 e. The van der Waals surface area contributed by atoms with Gasteiger partial charge in [-0.3, -0.25) is 9.59 Å². The quantitative estimate of drug-likeness (QED) is 0.381. The van der Waals surface area contributed by atoms with Crippen molar-refractivity contribution in [1.82, 2.24) is 4.98 Å². The number of furan rings is 1. The number of carbonyl (C=O) groups excluding carboxylic acids is 2. The molecular formula is C22H16ClNO4. The van der Waals surface area contributed by atoms with Crippen LogP contribution in [0.2, 0.25) is 5.02 Å². The van der Waals surface area contributed by atoms with Crippen molar-refractivity contribution in [2.45, 2.75) is 6.42 Å². The molecule has 5 nitrogen and oxygen atoms in total. The number of fused-ring (bicyclic) bond motifs is 1. The fourth-order valence-corrected chi connectivity index (χ4v) is 3.39. The molecule has 140 valence electrons. The zero-order valence-corrected chi connectivity index (χ0v) is 15.7. The Morgan fingerprint density at radius 2 is 1.96 bits per heavy atom. The van der Waals surface area contributed by atoms with E-state index in [0.717, 1.165) is 10.9 Å². The van der Waals surface area contributed by atoms with Crippen LogP contribution in [0.3, 0.4) is 0 Å². The fraction of sp³-hybridized carbons (Fsp3) is 0.0909. The summed E-state index contributed by atoms with van der Waals surface area (Å²) in [4.78, 5) is 28.3. The van der Waals surface area contributed by atoms with E-state index >= 15 is 0 Å². The van der Waals surface area contributed by atoms with Crippen molar-refractivity contribution >= 4 is 34.3 Å². The Labute approximate surface area is 165 Å². The van der Waals surface area contributed by atoms with Gasteiger partial charge in [-0.25, -0.2) is 0 Å². The molecule has 0 unspecified atom stereocenters. The van der Waals surface area contributed by atoms with E-state index in [1.807, 2.05) is 12.1 Å². The van der Waals surface area contributed by atoms with Crippen LogP contribution in [0.4, 0.5) is 0 Å². The molecule has 1 N–H and O–H groups in total. The molecule has 0 saturated carbocycles. The first-order valence-corrected chi connectivity index (χ1v) is 9.00. The summed E-state index contributed by atoms with van der Waals surface area (Å²) in [5.74, 6) is 0.0294. The lowest BCUT2D eigenvalue weighted by Gasteiger charge is -2.05. The molecule has 28 heavy (non-hydrogen) atoms. The first-order valence-electron chi connectivity index (χ1n) is 8.62. The molecule has 6 heteroatoms. The van der Waals surface area contributed by atoms with Crippen LogP contribution in [0.1, 0.15) is 21.6 Å². The number of aromatic amines is 1. The first kappa shape index (κ1) is 18.1. The second kappa shape index (κ2) is 7.37. The zero-order chi connectivity index (χ0) is 19.7. The molecule has 0 aliphatic carbocycles. The average Bonchev–Trinajstić information content (AvgIpc) is 3.36. The number of methoxy groups -OCH3 is 1. The summed E-state index contributed by atoms with van der Waals surface area (Å²) in [5, 5.41) is 1.30. The molecule has 2 aromatic heterocycles. The minimum absolute atomic E-state index is 0.0168. The van der Waals surface area contributed by atoms with E-state index < -0.39 is 5.97 Å². The van der Waals surface area contributed by atoms with Gasteiger partial charge in [-0.1, -0.05) is 35.9 Å². The number of rotatable bonds is 5. The lowest BCUT2D eigenvalue weighted by atomic mass is 9.99. The minimum atomic E-state index is -0.422. The van der Waals surface area contributed by atoms with Gasteiger partial charge in [0.25, 0.3) is 0 Å². The number of halogens is 1. The highest BCUT2D eigenvalue weighted by molar-refractivity contribution is 6.31. The summed E-state index contributed by atoms with van der Waals surface area (Å²) < 4.78 is 10.2. The van der Waals surface area contributed by atoms with Gasteiger partial charge < -0.3 is 14.1 Å². The maximum Gasteiger partial charge on any atom is 0.310 e. The number of benzene rings is 2. The normalized spacial score (nSPS) is 10.9. The van der Waals surface area contributed by atoms with Crippen LogP contribution in [-0.2, 0) is 16.0 Å². The van der Waals surface area contributed by atoms with E-state index in [4.69, 9.17) is 20.8 Å². The molecule has 0 bridgehead atoms. The maximum absolute atomic E-state index is 13.3. The van der Waals surface area contributed by atoms with E-state index in [2.05, 4.69) is 4.98 Å². The number of carbonyl (C=O) groups is 2. The number of ether oxygens (including phenoxy) is 1. The molecule has 4 aromatic rings. The molecule has 2 aromatic carbocycles. The van der Waals surface area contributed by atoms with Crippen molar-refractivity contribution in [3.8, 4) is 11.3 Å². The Morgan fingerprint density at radius 1 is 1.11 bits per heavy atom. The van der Waals surface area contributed by atoms with Crippen LogP contribution in [-0.4, -0.2) is 23.8 Å². The molecular weight excluding hydrogens is 378 g/mol. The molecule has 0 radical (unpaired) electrons. The van der Waals surface area contributed by atoms with Crippen molar-refractivity contribution in [3.05, 3.63) is 82.7 Å². The third kappa shape index (κ3) is 3.32. The van der Waals surface area contributed by atoms with Gasteiger partial charge in [0.2, 0.25) is 5.78 Å². The fourth-order valence-electron chi connectivity index (χ4n) is 3.22. The number of H-pyrrole nitrogens is 1. The molecule has 0 aliphatic rings. The highest BCUT2D eigenvalue weighted by atomic mass is 35.5. The SMILES string of the molecule is COC(=O)Cc1c(C(=O)c2cccc(-c3ccco3)c2)[nH]c2cc(Cl)ccc12. The van der Waals surface area contributed by atoms with Gasteiger partial charge >= 0.3 is 5.97 Å². The van der Waals surface area contributed by atoms with Crippen LogP contribution in [0.15, 0.2) is 65.3 Å². The van der Waals surface area contributed by atoms with Crippen molar-refractivity contribution in [2.24, 2.45) is 0 Å². The highest BCUT2D eigenvalue weighted by Crippen LogP contribution is 2.29. The number of hydrogen-bond acceptors (Lipinski definition) is 4. The molecule has 2 heterocycles. The number of nitrogens with one attached hydrogen (secondary N) is 1. The van der Waals surface area contributed by atoms with Crippen molar-refractivity contribution in [1.29, 1.82) is 0 Å². The Kier molecular flexibility index (Phi) is 4.75. The summed E-state index contributed by atoms with van der Waals surface area (Å²) in [7, 11) is 1.32. The van der Waals surface area contributed by atoms with Gasteiger partial charge in [0.1, 0.15) is 5.76 Å². The van der Waals surface area contributed by atoms with E-state index in [1.54, 1.807) is 48.7 Å². The number of hydrogen-bond donors (Lipinski definition) is 1. The first-order chi connectivity index (χ1) is 13.6. The van der Waals surface area contributed by atoms with Gasteiger partial charge in [0.15, 0.2) is 0 Å². The lowest BCUT2D eigenvalue weighted by Crippen LogP contribution is -2.10. The number of ketones is 1. The molecule has 0 spiro atoms. The van der Waals surface area contributed by atoms with E-state index in [-0.39, 0.29) is 12.2 Å². The van der Waals surface area contributed by atoms with Crippen molar-refractivity contribution < 1.29 is 18.7 Å². The Bertz CT molecular complexity index is 1170. The van der Waals surface area contributed by atoms with Gasteiger partial charge in [-0.2, -0.15) is 0 Å². The molecule has 0 amide bonds. The Morgan fingerprint density at radius 3 is 2.71 bits per heavy atom. The van der Waals surface area contributed by atoms with E-state index in [0.29, 0.717) is 33.1 Å². The van der Waals surface area contributed by atoms with Crippen molar-refractivity contribution in [2.75, 3.05) is 7.11 Å². The van der Waals surface area contributed by atoms with Crippen LogP contribution in [0.5, 0.6) is 0 Å². The lowest BCUT2D eigenvalue weighted by molar-refractivity contribution is -0.139. The molecule has 0 aliphatic heterocycles. The molecule has 0 atom stereocenters. The van der Waals surface area contributed by atoms with Gasteiger partial charge in [0.05, 0.1) is 25.5 Å². The van der Waals surface area contributed by atoms with Crippen molar-refractivity contribution in [3.63, 3.8) is 0 Å². The summed E-state index contributed by atoms with van der Waals surface area (Å²) in [5.41, 5.74) is 2.91. The predicted molar refractivity (Wildman–Crippen MR) is 107 cm³/mol. The molecule has 0 saturated heterocycles. The van der Waals surface area contributed by atoms with Gasteiger partial charge in [0, 0.05) is 32.6 Å². The minimum Gasteiger partial charge on any atom is -0.469 e. The average molecular weight is 394 g/mol. The standard InChI is InChI=1S/C22H16ClNO4/c1-27-20(25)12-17-16-8-7-15(23)11-18(16)24-21(17)22(26)14-5-2-4-13(10-14)19-6-3-9-28-19/h2-11,24H,12H2,1H3. The molecule has 0 fully saturated rings.